The van der Waals surface area contributed by atoms with E-state index in [-0.39, 0.29) is 37.6 Å². The molecule has 0 radical (unpaired) electrons. The molecule has 0 saturated heterocycles. The van der Waals surface area contributed by atoms with E-state index in [1.807, 2.05) is 0 Å². The lowest BCUT2D eigenvalue weighted by Crippen LogP contribution is -2.47. The minimum Gasteiger partial charge on any atom is -0.492 e. The molecule has 0 saturated carbocycles. The maximum absolute atomic E-state index is 13.4. The Bertz CT molecular complexity index is 1420. The first kappa shape index (κ1) is 28.7. The zero-order valence-electron chi connectivity index (χ0n) is 20.3. The van der Waals surface area contributed by atoms with Crippen molar-refractivity contribution in [2.24, 2.45) is 0 Å². The molecule has 1 aliphatic rings. The van der Waals surface area contributed by atoms with Gasteiger partial charge in [0.05, 0.1) is 43.5 Å². The topological polar surface area (TPSA) is 102 Å². The number of nitrogens with one attached hydrogen (secondary N) is 1. The van der Waals surface area contributed by atoms with Gasteiger partial charge in [0.2, 0.25) is 0 Å². The highest BCUT2D eigenvalue weighted by Crippen LogP contribution is 2.45. The largest absolute Gasteiger partial charge is 0.492 e. The molecule has 12 heteroatoms. The van der Waals surface area contributed by atoms with Gasteiger partial charge >= 0.3 is 5.97 Å². The smallest absolute Gasteiger partial charge is 0.330 e. The molecule has 1 aliphatic heterocycles. The summed E-state index contributed by atoms with van der Waals surface area (Å²) in [6.45, 7) is 1.50. The second kappa shape index (κ2) is 12.3. The lowest BCUT2D eigenvalue weighted by molar-refractivity contribution is -0.151. The van der Waals surface area contributed by atoms with Gasteiger partial charge in [-0.2, -0.15) is 0 Å². The van der Waals surface area contributed by atoms with Crippen LogP contribution >= 0.6 is 46.4 Å². The van der Waals surface area contributed by atoms with E-state index < -0.39 is 36.3 Å². The van der Waals surface area contributed by atoms with Crippen molar-refractivity contribution in [2.45, 2.75) is 19.4 Å². The number of halogens is 4. The minimum absolute atomic E-state index is 0.101. The van der Waals surface area contributed by atoms with Crippen LogP contribution in [0.4, 0.5) is 5.69 Å². The lowest BCUT2D eigenvalue weighted by Gasteiger charge is -2.24. The van der Waals surface area contributed by atoms with Gasteiger partial charge in [-0.3, -0.25) is 19.3 Å². The van der Waals surface area contributed by atoms with E-state index in [2.05, 4.69) is 5.32 Å². The number of hydrogen-bond donors (Lipinski definition) is 1. The van der Waals surface area contributed by atoms with E-state index in [1.54, 1.807) is 61.5 Å². The van der Waals surface area contributed by atoms with E-state index in [0.29, 0.717) is 28.5 Å². The van der Waals surface area contributed by atoms with Crippen LogP contribution in [0, 0.1) is 0 Å². The predicted octanol–water partition coefficient (Wildman–Crippen LogP) is 6.09. The third-order valence-corrected chi connectivity index (χ3v) is 7.60. The Morgan fingerprint density at radius 3 is 2.00 bits per heavy atom. The molecule has 3 amide bonds. The van der Waals surface area contributed by atoms with Gasteiger partial charge in [-0.15, -0.1) is 0 Å². The maximum Gasteiger partial charge on any atom is 0.330 e. The molecule has 1 N–H and O–H groups in total. The Labute approximate surface area is 243 Å². The average molecular weight is 610 g/mol. The quantitative estimate of drug-likeness (QED) is 0.136. The molecular weight excluding hydrogens is 590 g/mol. The van der Waals surface area contributed by atoms with Crippen LogP contribution in [0.1, 0.15) is 33.2 Å². The van der Waals surface area contributed by atoms with Crippen molar-refractivity contribution in [3.8, 4) is 5.75 Å². The van der Waals surface area contributed by atoms with Gasteiger partial charge in [0, 0.05) is 6.42 Å². The number of carbonyl (C=O) groups excluding carboxylic acids is 4. The minimum atomic E-state index is -1.45. The number of carbonyl (C=O) groups is 4. The van der Waals surface area contributed by atoms with Crippen LogP contribution in [0.2, 0.25) is 20.1 Å². The number of amides is 3. The Hall–Kier alpha value is -3.30. The van der Waals surface area contributed by atoms with Crippen molar-refractivity contribution < 1.29 is 28.7 Å². The molecule has 1 heterocycles. The molecule has 8 nitrogen and oxygen atoms in total. The summed E-state index contributed by atoms with van der Waals surface area (Å²) >= 11 is 24.7. The van der Waals surface area contributed by atoms with Gasteiger partial charge in [-0.1, -0.05) is 88.9 Å². The monoisotopic (exact) mass is 608 g/mol. The molecule has 1 unspecified atom stereocenters. The van der Waals surface area contributed by atoms with Gasteiger partial charge in [0.15, 0.2) is 6.61 Å². The SMILES string of the molecule is CCOc1ccccc1NC(=O)COC(=O)C(Cc1ccccc1)N1C(=O)c2c(Cl)c(Cl)c(Cl)c(Cl)c2C1=O. The molecule has 0 bridgehead atoms. The van der Waals surface area contributed by atoms with Crippen LogP contribution in [-0.2, 0) is 20.7 Å². The molecule has 0 spiro atoms. The summed E-state index contributed by atoms with van der Waals surface area (Å²) in [7, 11) is 0. The molecule has 1 atom stereocenters. The third kappa shape index (κ3) is 5.84. The molecule has 4 rings (SSSR count). The first-order chi connectivity index (χ1) is 18.6. The summed E-state index contributed by atoms with van der Waals surface area (Å²) in [4.78, 5) is 53.4. The van der Waals surface area contributed by atoms with Crippen molar-refractivity contribution in [1.82, 2.24) is 4.90 Å². The zero-order chi connectivity index (χ0) is 28.3. The van der Waals surface area contributed by atoms with Crippen LogP contribution in [-0.4, -0.2) is 47.8 Å². The second-order valence-corrected chi connectivity index (χ2v) is 9.79. The summed E-state index contributed by atoms with van der Waals surface area (Å²) < 4.78 is 10.8. The number of esters is 1. The first-order valence-electron chi connectivity index (χ1n) is 11.6. The van der Waals surface area contributed by atoms with Gasteiger partial charge in [-0.05, 0) is 24.6 Å². The molecule has 3 aromatic rings. The molecule has 0 aliphatic carbocycles. The third-order valence-electron chi connectivity index (χ3n) is 5.79. The van der Waals surface area contributed by atoms with Crippen molar-refractivity contribution in [1.29, 1.82) is 0 Å². The summed E-state index contributed by atoms with van der Waals surface area (Å²) in [6.07, 6.45) is -0.101. The van der Waals surface area contributed by atoms with E-state index in [0.717, 1.165) is 0 Å². The van der Waals surface area contributed by atoms with E-state index >= 15 is 0 Å². The number of hydrogen-bond acceptors (Lipinski definition) is 6. The molecular formula is C27H20Cl4N2O6. The van der Waals surface area contributed by atoms with Crippen molar-refractivity contribution in [3.05, 3.63) is 91.4 Å². The van der Waals surface area contributed by atoms with Crippen LogP contribution in [0.25, 0.3) is 0 Å². The van der Waals surface area contributed by atoms with E-state index in [4.69, 9.17) is 55.9 Å². The molecule has 0 aromatic heterocycles. The highest BCUT2D eigenvalue weighted by molar-refractivity contribution is 6.55. The number of ether oxygens (including phenoxy) is 2. The summed E-state index contributed by atoms with van der Waals surface area (Å²) in [5.41, 5.74) is 0.480. The van der Waals surface area contributed by atoms with E-state index in [1.165, 1.54) is 0 Å². The van der Waals surface area contributed by atoms with Crippen LogP contribution in [0.15, 0.2) is 54.6 Å². The number of imide groups is 1. The number of para-hydroxylation sites is 2. The number of fused-ring (bicyclic) bond motifs is 1. The summed E-state index contributed by atoms with van der Waals surface area (Å²) in [5, 5.41) is 1.69. The Kier molecular flexibility index (Phi) is 9.02. The van der Waals surface area contributed by atoms with Crippen LogP contribution in [0.3, 0.4) is 0 Å². The molecule has 0 fully saturated rings. The fourth-order valence-electron chi connectivity index (χ4n) is 4.04. The van der Waals surface area contributed by atoms with Crippen LogP contribution < -0.4 is 10.1 Å². The predicted molar refractivity (Wildman–Crippen MR) is 148 cm³/mol. The van der Waals surface area contributed by atoms with Gasteiger partial charge in [-0.25, -0.2) is 4.79 Å². The van der Waals surface area contributed by atoms with Crippen molar-refractivity contribution in [2.75, 3.05) is 18.5 Å². The standard InChI is InChI=1S/C27H20Cl4N2O6/c1-2-38-17-11-7-6-10-15(17)32-18(34)13-39-27(37)16(12-14-8-4-3-5-9-14)33-25(35)19-20(26(33)36)22(29)24(31)23(30)21(19)28/h3-11,16H,2,12-13H2,1H3,(H,32,34). The highest BCUT2D eigenvalue weighted by atomic mass is 35.5. The fourth-order valence-corrected chi connectivity index (χ4v) is 5.05. The number of nitrogens with zero attached hydrogens (tertiary/aromatic N) is 1. The van der Waals surface area contributed by atoms with Gasteiger partial charge in [0.1, 0.15) is 11.8 Å². The Morgan fingerprint density at radius 2 is 1.41 bits per heavy atom. The van der Waals surface area contributed by atoms with Gasteiger partial charge < -0.3 is 14.8 Å². The number of benzene rings is 3. The lowest BCUT2D eigenvalue weighted by atomic mass is 10.0. The first-order valence-corrected chi connectivity index (χ1v) is 13.1. The number of anilines is 1. The zero-order valence-corrected chi connectivity index (χ0v) is 23.3. The molecule has 3 aromatic carbocycles. The van der Waals surface area contributed by atoms with Crippen molar-refractivity contribution in [3.63, 3.8) is 0 Å². The Balaban J connectivity index is 1.59. The van der Waals surface area contributed by atoms with Crippen LogP contribution in [0.5, 0.6) is 5.75 Å². The normalized spacial score (nSPS) is 13.2. The van der Waals surface area contributed by atoms with E-state index in [9.17, 15) is 19.2 Å². The van der Waals surface area contributed by atoms with Gasteiger partial charge in [0.25, 0.3) is 17.7 Å². The number of rotatable bonds is 9. The highest BCUT2D eigenvalue weighted by Gasteiger charge is 2.47. The summed E-state index contributed by atoms with van der Waals surface area (Å²) in [6, 6.07) is 14.0. The van der Waals surface area contributed by atoms with Crippen molar-refractivity contribution >= 4 is 75.8 Å². The second-order valence-electron chi connectivity index (χ2n) is 8.28. The maximum atomic E-state index is 13.4. The molecule has 202 valence electrons. The fraction of sp³-hybridized carbons (Fsp3) is 0.185. The molecule has 39 heavy (non-hydrogen) atoms. The average Bonchev–Trinajstić information content (AvgIpc) is 3.19. The Morgan fingerprint density at radius 1 is 0.846 bits per heavy atom. The summed E-state index contributed by atoms with van der Waals surface area (Å²) in [5.74, 6) is -2.99.